The van der Waals surface area contributed by atoms with E-state index in [9.17, 15) is 38.3 Å². The summed E-state index contributed by atoms with van der Waals surface area (Å²) in [6.45, 7) is 4.81. The number of carbonyl (C=O) groups excluding carboxylic acids is 2. The topological polar surface area (TPSA) is 192 Å². The van der Waals surface area contributed by atoms with E-state index in [1.165, 1.54) is 0 Å². The van der Waals surface area contributed by atoms with E-state index in [-0.39, 0.29) is 13.0 Å². The molecule has 2 aromatic carbocycles. The van der Waals surface area contributed by atoms with Gasteiger partial charge in [0.1, 0.15) is 24.0 Å². The van der Waals surface area contributed by atoms with Crippen molar-refractivity contribution in [1.29, 1.82) is 0 Å². The van der Waals surface area contributed by atoms with Crippen LogP contribution in [0.1, 0.15) is 31.9 Å². The lowest BCUT2D eigenvalue weighted by molar-refractivity contribution is -0.123. The highest BCUT2D eigenvalue weighted by Gasteiger charge is 2.45. The maximum absolute atomic E-state index is 12.8. The highest BCUT2D eigenvalue weighted by molar-refractivity contribution is 7.70. The lowest BCUT2D eigenvalue weighted by atomic mass is 10.1. The largest absolute Gasteiger partial charge is 0.489 e. The van der Waals surface area contributed by atoms with Crippen LogP contribution < -0.4 is 15.4 Å². The van der Waals surface area contributed by atoms with E-state index in [1.54, 1.807) is 68.6 Å². The number of hydrogen-bond donors (Lipinski definition) is 6. The second-order valence-electron chi connectivity index (χ2n) is 9.10. The van der Waals surface area contributed by atoms with E-state index in [1.807, 2.05) is 0 Å². The van der Waals surface area contributed by atoms with E-state index < -0.39 is 44.4 Å². The van der Waals surface area contributed by atoms with Gasteiger partial charge in [-0.1, -0.05) is 41.4 Å². The molecule has 0 radical (unpaired) electrons. The van der Waals surface area contributed by atoms with Gasteiger partial charge in [0, 0.05) is 22.0 Å². The van der Waals surface area contributed by atoms with E-state index in [2.05, 4.69) is 5.32 Å². The summed E-state index contributed by atoms with van der Waals surface area (Å²) in [5.74, 6) is -0.824. The zero-order valence-corrected chi connectivity index (χ0v) is 23.8. The Morgan fingerprint density at radius 3 is 1.92 bits per heavy atom. The van der Waals surface area contributed by atoms with Crippen LogP contribution in [0.3, 0.4) is 0 Å². The lowest BCUT2D eigenvalue weighted by Gasteiger charge is -2.26. The molecule has 38 heavy (non-hydrogen) atoms. The quantitative estimate of drug-likeness (QED) is 0.215. The molecule has 0 aliphatic rings. The molecule has 0 aromatic heterocycles. The summed E-state index contributed by atoms with van der Waals surface area (Å²) in [7, 11) is -10.9. The summed E-state index contributed by atoms with van der Waals surface area (Å²) in [4.78, 5) is 62.4. The van der Waals surface area contributed by atoms with Crippen LogP contribution in [-0.4, -0.2) is 48.7 Å². The molecule has 12 nitrogen and oxygen atoms in total. The van der Waals surface area contributed by atoms with Crippen molar-refractivity contribution >= 4 is 50.4 Å². The predicted octanol–water partition coefficient (Wildman–Crippen LogP) is 3.76. The van der Waals surface area contributed by atoms with Gasteiger partial charge in [-0.3, -0.25) is 13.9 Å². The number of amides is 2. The fourth-order valence-electron chi connectivity index (χ4n) is 3.03. The van der Waals surface area contributed by atoms with Crippen LogP contribution in [0.4, 0.5) is 4.79 Å². The Kier molecular flexibility index (Phi) is 10.8. The highest BCUT2D eigenvalue weighted by Crippen LogP contribution is 2.58. The molecule has 210 valence electrons. The molecule has 0 heterocycles. The maximum atomic E-state index is 12.8. The minimum atomic E-state index is -5.46. The number of benzene rings is 2. The smallest absolute Gasteiger partial charge is 0.408 e. The number of halogens is 2. The minimum Gasteiger partial charge on any atom is -0.489 e. The van der Waals surface area contributed by atoms with Crippen LogP contribution in [-0.2, 0) is 31.7 Å². The molecule has 2 rings (SSSR count). The number of ether oxygens (including phenoxy) is 2. The Labute approximate surface area is 228 Å². The molecule has 0 fully saturated rings. The second kappa shape index (κ2) is 12.8. The molecule has 16 heteroatoms. The van der Waals surface area contributed by atoms with Gasteiger partial charge in [-0.05, 0) is 50.6 Å². The first kappa shape index (κ1) is 32.1. The predicted molar refractivity (Wildman–Crippen MR) is 140 cm³/mol. The Bertz CT molecular complexity index is 1200. The fraction of sp³-hybridized carbons (Fsp3) is 0.364. The summed E-state index contributed by atoms with van der Waals surface area (Å²) in [5.41, 5.74) is -2.68. The fourth-order valence-corrected chi connectivity index (χ4v) is 5.70. The normalized spacial score (nSPS) is 13.1. The summed E-state index contributed by atoms with van der Waals surface area (Å²) >= 11 is 12.3. The van der Waals surface area contributed by atoms with Gasteiger partial charge in [0.25, 0.3) is 0 Å². The molecule has 2 aromatic rings. The van der Waals surface area contributed by atoms with Crippen molar-refractivity contribution in [3.63, 3.8) is 0 Å². The first-order valence-corrected chi connectivity index (χ1v) is 15.0. The van der Waals surface area contributed by atoms with Crippen molar-refractivity contribution in [2.75, 3.05) is 0 Å². The number of alkyl carbamates (subject to hydrolysis) is 1. The van der Waals surface area contributed by atoms with Gasteiger partial charge < -0.3 is 39.7 Å². The van der Waals surface area contributed by atoms with E-state index >= 15 is 0 Å². The molecule has 0 aliphatic carbocycles. The molecule has 0 saturated carbocycles. The van der Waals surface area contributed by atoms with Crippen LogP contribution in [0.25, 0.3) is 0 Å². The van der Waals surface area contributed by atoms with E-state index in [4.69, 9.17) is 32.7 Å². The molecular formula is C22H28Cl2N2O10P2. The van der Waals surface area contributed by atoms with Crippen molar-refractivity contribution in [2.24, 2.45) is 0 Å². The third-order valence-electron chi connectivity index (χ3n) is 4.72. The molecule has 0 aliphatic heterocycles. The molecule has 1 atom stereocenters. The second-order valence-corrected chi connectivity index (χ2v) is 13.7. The van der Waals surface area contributed by atoms with Gasteiger partial charge in [-0.15, -0.1) is 0 Å². The van der Waals surface area contributed by atoms with E-state index in [0.717, 1.165) is 0 Å². The van der Waals surface area contributed by atoms with Crippen molar-refractivity contribution in [1.82, 2.24) is 10.6 Å². The van der Waals surface area contributed by atoms with Gasteiger partial charge in [0.2, 0.25) is 11.4 Å². The first-order chi connectivity index (χ1) is 17.4. The molecule has 2 amide bonds. The van der Waals surface area contributed by atoms with Crippen LogP contribution in [0.2, 0.25) is 10.0 Å². The molecule has 0 spiro atoms. The lowest BCUT2D eigenvalue weighted by Crippen LogP contribution is -2.51. The standard InChI is InChI=1S/C22H28Cl2N2O10P2/c1-22(2,3)36-20(28)25-18(19(27)26-21(37(29,30)31)38(32,33)34)11-13-7-9-14(10-8-13)35-12-15-16(23)5-4-6-17(15)24/h4-10,18,21H,11-12H2,1-3H3,(H,25,28)(H,26,27)(H2,29,30,31)(H2,32,33,34)/t18-/m0/s1. The van der Waals surface area contributed by atoms with Crippen LogP contribution in [0, 0.1) is 0 Å². The average molecular weight is 613 g/mol. The van der Waals surface area contributed by atoms with Crippen molar-refractivity contribution in [2.45, 2.75) is 51.0 Å². The number of carbonyl (C=O) groups is 2. The zero-order chi connectivity index (χ0) is 28.9. The molecule has 0 unspecified atom stereocenters. The SMILES string of the molecule is CC(C)(C)OC(=O)N[C@@H](Cc1ccc(OCc2c(Cl)cccc2Cl)cc1)C(=O)NC(P(=O)(O)O)P(=O)(O)O. The average Bonchev–Trinajstić information content (AvgIpc) is 2.74. The Morgan fingerprint density at radius 1 is 0.921 bits per heavy atom. The number of rotatable bonds is 10. The van der Waals surface area contributed by atoms with Crippen LogP contribution in [0.5, 0.6) is 5.75 Å². The third kappa shape index (κ3) is 10.2. The van der Waals surface area contributed by atoms with Crippen molar-refractivity contribution in [3.8, 4) is 5.75 Å². The van der Waals surface area contributed by atoms with Gasteiger partial charge in [0.05, 0.1) is 0 Å². The van der Waals surface area contributed by atoms with Crippen LogP contribution in [0.15, 0.2) is 42.5 Å². The van der Waals surface area contributed by atoms with Gasteiger partial charge in [-0.25, -0.2) is 4.79 Å². The van der Waals surface area contributed by atoms with Gasteiger partial charge in [-0.2, -0.15) is 0 Å². The summed E-state index contributed by atoms with van der Waals surface area (Å²) in [6.07, 6.45) is -1.25. The van der Waals surface area contributed by atoms with Gasteiger partial charge >= 0.3 is 21.3 Å². The van der Waals surface area contributed by atoms with E-state index in [0.29, 0.717) is 26.9 Å². The van der Waals surface area contributed by atoms with Crippen molar-refractivity contribution in [3.05, 3.63) is 63.6 Å². The number of nitrogens with one attached hydrogen (secondary N) is 2. The molecule has 6 N–H and O–H groups in total. The Balaban J connectivity index is 2.21. The minimum absolute atomic E-state index is 0.0786. The zero-order valence-electron chi connectivity index (χ0n) is 20.5. The molecule has 0 saturated heterocycles. The van der Waals surface area contributed by atoms with Crippen molar-refractivity contribution < 1.29 is 47.8 Å². The summed E-state index contributed by atoms with van der Waals surface area (Å²) in [6, 6.07) is 9.77. The Hall–Kier alpha value is -2.14. The maximum Gasteiger partial charge on any atom is 0.408 e. The first-order valence-electron chi connectivity index (χ1n) is 10.9. The van der Waals surface area contributed by atoms with Crippen LogP contribution >= 0.6 is 38.4 Å². The monoisotopic (exact) mass is 612 g/mol. The van der Waals surface area contributed by atoms with Gasteiger partial charge in [0.15, 0.2) is 0 Å². The molecule has 0 bridgehead atoms. The summed E-state index contributed by atoms with van der Waals surface area (Å²) in [5, 5.41) is 4.79. The highest BCUT2D eigenvalue weighted by atomic mass is 35.5. The Morgan fingerprint density at radius 2 is 1.45 bits per heavy atom. The number of hydrogen-bond acceptors (Lipinski definition) is 6. The molecular weight excluding hydrogens is 585 g/mol. The summed E-state index contributed by atoms with van der Waals surface area (Å²) < 4.78 is 34.0. The third-order valence-corrected chi connectivity index (χ3v) is 8.77.